The van der Waals surface area contributed by atoms with Crippen LogP contribution in [0.2, 0.25) is 0 Å². The summed E-state index contributed by atoms with van der Waals surface area (Å²) in [6.07, 6.45) is -2.66. The fraction of sp³-hybridized carbons (Fsp3) is 1.00. The van der Waals surface area contributed by atoms with Crippen molar-refractivity contribution in [3.8, 4) is 0 Å². The zero-order chi connectivity index (χ0) is 7.72. The fourth-order valence-corrected chi connectivity index (χ4v) is 1.26. The molecule has 4 atom stereocenters. The molecule has 0 amide bonds. The Hall–Kier alpha value is 0.359. The van der Waals surface area contributed by atoms with Crippen LogP contribution >= 0.6 is 0 Å². The summed E-state index contributed by atoms with van der Waals surface area (Å²) >= 11 is 3.42. The van der Waals surface area contributed by atoms with Gasteiger partial charge < -0.3 is 0 Å². The SMILES string of the molecule is OC[C@H]1O[CH]([Fe])[C@H](O)[C@@H]1O. The number of aliphatic hydroxyl groups is 3. The van der Waals surface area contributed by atoms with E-state index in [2.05, 4.69) is 16.0 Å². The van der Waals surface area contributed by atoms with Crippen molar-refractivity contribution in [2.45, 2.75) is 23.3 Å². The number of aliphatic hydroxyl groups excluding tert-OH is 3. The summed E-state index contributed by atoms with van der Waals surface area (Å²) in [7, 11) is 0. The summed E-state index contributed by atoms with van der Waals surface area (Å²) in [4.78, 5) is 0. The van der Waals surface area contributed by atoms with Gasteiger partial charge in [-0.05, 0) is 0 Å². The van der Waals surface area contributed by atoms with Crippen molar-refractivity contribution in [3.05, 3.63) is 0 Å². The van der Waals surface area contributed by atoms with Crippen LogP contribution in [0, 0.1) is 0 Å². The van der Waals surface area contributed by atoms with E-state index < -0.39 is 23.3 Å². The monoisotopic (exact) mass is 189 g/mol. The van der Waals surface area contributed by atoms with E-state index in [0.717, 1.165) is 0 Å². The molecule has 0 radical (unpaired) electrons. The molecular weight excluding hydrogens is 180 g/mol. The normalized spacial score (nSPS) is 48.0. The molecule has 1 fully saturated rings. The van der Waals surface area contributed by atoms with Gasteiger partial charge in [0.2, 0.25) is 0 Å². The summed E-state index contributed by atoms with van der Waals surface area (Å²) in [6.45, 7) is -0.287. The maximum absolute atomic E-state index is 9.05. The molecule has 5 heteroatoms. The van der Waals surface area contributed by atoms with Gasteiger partial charge in [0.15, 0.2) is 0 Å². The fourth-order valence-electron chi connectivity index (χ4n) is 0.845. The number of hydrogen-bond donors (Lipinski definition) is 3. The van der Waals surface area contributed by atoms with Gasteiger partial charge in [-0.3, -0.25) is 0 Å². The minimum atomic E-state index is -1.01. The third-order valence-electron chi connectivity index (χ3n) is 1.47. The number of hydrogen-bond acceptors (Lipinski definition) is 4. The molecule has 1 rings (SSSR count). The van der Waals surface area contributed by atoms with Gasteiger partial charge in [-0.1, -0.05) is 0 Å². The van der Waals surface area contributed by atoms with Crippen molar-refractivity contribution in [1.29, 1.82) is 0 Å². The van der Waals surface area contributed by atoms with E-state index in [-0.39, 0.29) is 6.61 Å². The summed E-state index contributed by atoms with van der Waals surface area (Å²) in [5.74, 6) is 0. The predicted octanol–water partition coefficient (Wildman–Crippen LogP) is -2.03. The molecule has 3 N–H and O–H groups in total. The van der Waals surface area contributed by atoms with Crippen LogP contribution in [-0.2, 0) is 20.7 Å². The Morgan fingerprint density at radius 2 is 1.90 bits per heavy atom. The van der Waals surface area contributed by atoms with Crippen LogP contribution in [0.3, 0.4) is 0 Å². The first kappa shape index (κ1) is 8.46. The van der Waals surface area contributed by atoms with Crippen molar-refractivity contribution in [3.63, 3.8) is 0 Å². The zero-order valence-electron chi connectivity index (χ0n) is 5.12. The third kappa shape index (κ3) is 1.34. The number of rotatable bonds is 1. The second-order valence-electron chi connectivity index (χ2n) is 2.18. The maximum atomic E-state index is 9.05. The Morgan fingerprint density at radius 1 is 1.30 bits per heavy atom. The summed E-state index contributed by atoms with van der Waals surface area (Å²) in [6, 6.07) is 0. The van der Waals surface area contributed by atoms with Crippen LogP contribution in [0.1, 0.15) is 0 Å². The average Bonchev–Trinajstić information content (AvgIpc) is 2.17. The first-order valence-electron chi connectivity index (χ1n) is 2.92. The number of ether oxygens (including phenoxy) is 1. The van der Waals surface area contributed by atoms with Gasteiger partial charge in [-0.2, -0.15) is 0 Å². The van der Waals surface area contributed by atoms with Gasteiger partial charge in [0, 0.05) is 0 Å². The van der Waals surface area contributed by atoms with Crippen LogP contribution in [0.25, 0.3) is 0 Å². The summed E-state index contributed by atoms with van der Waals surface area (Å²) < 4.78 is 4.87. The molecule has 0 aliphatic carbocycles. The Kier molecular flexibility index (Phi) is 2.68. The Labute approximate surface area is 66.6 Å². The quantitative estimate of drug-likeness (QED) is 0.416. The molecule has 0 aromatic carbocycles. The van der Waals surface area contributed by atoms with E-state index in [1.165, 1.54) is 0 Å². The molecule has 1 saturated heterocycles. The molecule has 0 saturated carbocycles. The van der Waals surface area contributed by atoms with E-state index in [1.54, 1.807) is 0 Å². The van der Waals surface area contributed by atoms with Gasteiger partial charge in [0.05, 0.1) is 0 Å². The molecule has 1 heterocycles. The Morgan fingerprint density at radius 3 is 2.10 bits per heavy atom. The molecule has 1 aliphatic rings. The Balaban J connectivity index is 2.53. The van der Waals surface area contributed by atoms with Gasteiger partial charge >= 0.3 is 66.0 Å². The van der Waals surface area contributed by atoms with E-state index in [0.29, 0.717) is 0 Å². The van der Waals surface area contributed by atoms with Crippen LogP contribution in [-0.4, -0.2) is 45.2 Å². The van der Waals surface area contributed by atoms with Crippen molar-refractivity contribution in [2.24, 2.45) is 0 Å². The standard InChI is InChI=1S/C5H9O4.Fe/c6-1-4-5(8)3(7)2-9-4;/h2-8H,1H2;/t3-,4+,5-;/m0./s1. The summed E-state index contributed by atoms with van der Waals surface area (Å²) in [5.41, 5.74) is 0. The van der Waals surface area contributed by atoms with Crippen LogP contribution in [0.5, 0.6) is 0 Å². The molecule has 1 aliphatic heterocycles. The van der Waals surface area contributed by atoms with E-state index >= 15 is 0 Å². The minimum absolute atomic E-state index is 0.287. The molecule has 10 heavy (non-hydrogen) atoms. The van der Waals surface area contributed by atoms with Gasteiger partial charge in [-0.25, -0.2) is 0 Å². The van der Waals surface area contributed by atoms with Crippen molar-refractivity contribution >= 4 is 0 Å². The molecule has 0 bridgehead atoms. The molecular formula is C5H9FeO4. The predicted molar refractivity (Wildman–Crippen MR) is 27.8 cm³/mol. The van der Waals surface area contributed by atoms with Gasteiger partial charge in [0.1, 0.15) is 0 Å². The first-order chi connectivity index (χ1) is 4.66. The van der Waals surface area contributed by atoms with Crippen LogP contribution in [0.15, 0.2) is 0 Å². The van der Waals surface area contributed by atoms with E-state index in [4.69, 9.17) is 20.1 Å². The molecule has 0 spiro atoms. The van der Waals surface area contributed by atoms with E-state index in [9.17, 15) is 0 Å². The molecule has 0 aromatic heterocycles. The first-order valence-corrected chi connectivity index (χ1v) is 3.55. The third-order valence-corrected chi connectivity index (χ3v) is 2.00. The molecule has 4 nitrogen and oxygen atoms in total. The van der Waals surface area contributed by atoms with Crippen LogP contribution in [0.4, 0.5) is 0 Å². The molecule has 1 unspecified atom stereocenters. The Bertz CT molecular complexity index is 120. The van der Waals surface area contributed by atoms with Gasteiger partial charge in [0.25, 0.3) is 0 Å². The summed E-state index contributed by atoms with van der Waals surface area (Å²) in [5, 5.41) is 26.0. The van der Waals surface area contributed by atoms with E-state index in [1.807, 2.05) is 0 Å². The van der Waals surface area contributed by atoms with Crippen molar-refractivity contribution in [2.75, 3.05) is 6.61 Å². The second kappa shape index (κ2) is 3.17. The zero-order valence-corrected chi connectivity index (χ0v) is 6.22. The second-order valence-corrected chi connectivity index (χ2v) is 2.80. The van der Waals surface area contributed by atoms with Crippen molar-refractivity contribution in [1.82, 2.24) is 0 Å². The average molecular weight is 189 g/mol. The van der Waals surface area contributed by atoms with Crippen LogP contribution < -0.4 is 0 Å². The topological polar surface area (TPSA) is 69.9 Å². The van der Waals surface area contributed by atoms with Gasteiger partial charge in [-0.15, -0.1) is 0 Å². The molecule has 61 valence electrons. The molecule has 0 aromatic rings. The van der Waals surface area contributed by atoms with Crippen molar-refractivity contribution < 1.29 is 36.1 Å².